The van der Waals surface area contributed by atoms with Gasteiger partial charge in [-0.1, -0.05) is 0 Å². The molecule has 0 aromatic carbocycles. The molecule has 1 heterocycles. The smallest absolute Gasteiger partial charge is 0.303 e. The average Bonchev–Trinajstić information content (AvgIpc) is 2.37. The summed E-state index contributed by atoms with van der Waals surface area (Å²) in [4.78, 5) is 33.7. The first-order valence-corrected chi connectivity index (χ1v) is 6.55. The van der Waals surface area contributed by atoms with Crippen molar-refractivity contribution < 1.29 is 38.4 Å². The average molecular weight is 314 g/mol. The van der Waals surface area contributed by atoms with Crippen LogP contribution in [0.4, 0.5) is 0 Å². The van der Waals surface area contributed by atoms with Gasteiger partial charge < -0.3 is 24.1 Å². The van der Waals surface area contributed by atoms with Gasteiger partial charge >= 0.3 is 17.9 Å². The van der Waals surface area contributed by atoms with Crippen molar-refractivity contribution in [1.82, 2.24) is 0 Å². The summed E-state index contributed by atoms with van der Waals surface area (Å²) in [6, 6.07) is 0. The summed E-state index contributed by atoms with van der Waals surface area (Å²) < 4.78 is 20.3. The van der Waals surface area contributed by atoms with Gasteiger partial charge in [-0.15, -0.1) is 12.3 Å². The minimum atomic E-state index is -1.57. The third-order valence-electron chi connectivity index (χ3n) is 2.83. The zero-order valence-electron chi connectivity index (χ0n) is 12.5. The van der Waals surface area contributed by atoms with Crippen molar-refractivity contribution in [3.8, 4) is 12.3 Å². The molecule has 0 radical (unpaired) electrons. The molecule has 0 bridgehead atoms. The quantitative estimate of drug-likeness (QED) is 0.421. The Hall–Kier alpha value is -2.11. The van der Waals surface area contributed by atoms with E-state index in [9.17, 15) is 19.5 Å². The Balaban J connectivity index is 3.13. The minimum Gasteiger partial charge on any atom is -0.456 e. The Morgan fingerprint density at radius 3 is 1.91 bits per heavy atom. The Labute approximate surface area is 127 Å². The lowest BCUT2D eigenvalue weighted by Crippen LogP contribution is -2.61. The largest absolute Gasteiger partial charge is 0.456 e. The molecule has 0 spiro atoms. The van der Waals surface area contributed by atoms with Crippen molar-refractivity contribution in [3.63, 3.8) is 0 Å². The van der Waals surface area contributed by atoms with E-state index < -0.39 is 48.6 Å². The van der Waals surface area contributed by atoms with E-state index in [0.29, 0.717) is 0 Å². The van der Waals surface area contributed by atoms with Gasteiger partial charge in [0, 0.05) is 27.2 Å². The lowest BCUT2D eigenvalue weighted by molar-refractivity contribution is -0.290. The van der Waals surface area contributed by atoms with E-state index >= 15 is 0 Å². The summed E-state index contributed by atoms with van der Waals surface area (Å²) in [6.45, 7) is 3.41. The molecule has 0 amide bonds. The highest BCUT2D eigenvalue weighted by molar-refractivity contribution is 5.68. The van der Waals surface area contributed by atoms with Crippen molar-refractivity contribution in [1.29, 1.82) is 0 Å². The summed E-state index contributed by atoms with van der Waals surface area (Å²) in [6.07, 6.45) is -0.928. The van der Waals surface area contributed by atoms with Crippen LogP contribution in [-0.2, 0) is 33.3 Å². The monoisotopic (exact) mass is 314 g/mol. The number of hydrogen-bond acceptors (Lipinski definition) is 8. The highest BCUT2D eigenvalue weighted by atomic mass is 16.7. The van der Waals surface area contributed by atoms with Crippen LogP contribution in [-0.4, -0.2) is 53.7 Å². The SMILES string of the molecule is C#CCC1O[C@@H](O)C(OC(C)=O)C(OC(C)=O)[C@H]1OC(C)=O. The Morgan fingerprint density at radius 1 is 1.00 bits per heavy atom. The molecule has 8 nitrogen and oxygen atoms in total. The molecule has 3 unspecified atom stereocenters. The van der Waals surface area contributed by atoms with Crippen molar-refractivity contribution in [2.75, 3.05) is 0 Å². The summed E-state index contributed by atoms with van der Waals surface area (Å²) in [5.41, 5.74) is 0. The fourth-order valence-electron chi connectivity index (χ4n) is 2.15. The standard InChI is InChI=1S/C14H18O8/c1-5-6-10-11(19-7(2)15)12(20-8(3)16)13(14(18)22-10)21-9(4)17/h1,10-14,18H,6H2,2-4H3/t10?,11-,12?,13?,14+/m0/s1. The number of terminal acetylenes is 1. The normalized spacial score (nSPS) is 30.8. The first-order valence-electron chi connectivity index (χ1n) is 6.55. The predicted octanol–water partition coefficient (Wildman–Crippen LogP) is -0.478. The summed E-state index contributed by atoms with van der Waals surface area (Å²) in [7, 11) is 0. The molecule has 1 rings (SSSR count). The molecule has 0 aliphatic carbocycles. The second-order valence-electron chi connectivity index (χ2n) is 4.70. The van der Waals surface area contributed by atoms with Crippen LogP contribution in [0.15, 0.2) is 0 Å². The van der Waals surface area contributed by atoms with E-state index in [2.05, 4.69) is 5.92 Å². The Kier molecular flexibility index (Phi) is 6.34. The van der Waals surface area contributed by atoms with Crippen LogP contribution >= 0.6 is 0 Å². The molecule has 22 heavy (non-hydrogen) atoms. The minimum absolute atomic E-state index is 0.000434. The molecule has 1 fully saturated rings. The third kappa shape index (κ3) is 4.72. The van der Waals surface area contributed by atoms with Crippen LogP contribution in [0.1, 0.15) is 27.2 Å². The van der Waals surface area contributed by atoms with Gasteiger partial charge in [0.15, 0.2) is 24.6 Å². The molecule has 1 aliphatic heterocycles. The van der Waals surface area contributed by atoms with Gasteiger partial charge in [-0.05, 0) is 0 Å². The van der Waals surface area contributed by atoms with Crippen LogP contribution < -0.4 is 0 Å². The van der Waals surface area contributed by atoms with Crippen LogP contribution in [0.25, 0.3) is 0 Å². The maximum absolute atomic E-state index is 11.3. The maximum atomic E-state index is 11.3. The fourth-order valence-corrected chi connectivity index (χ4v) is 2.15. The Morgan fingerprint density at radius 2 is 1.45 bits per heavy atom. The Bertz CT molecular complexity index is 480. The van der Waals surface area contributed by atoms with Gasteiger partial charge in [-0.2, -0.15) is 0 Å². The van der Waals surface area contributed by atoms with E-state index in [-0.39, 0.29) is 6.42 Å². The van der Waals surface area contributed by atoms with Gasteiger partial charge in [0.25, 0.3) is 0 Å². The number of ether oxygens (including phenoxy) is 4. The molecule has 8 heteroatoms. The van der Waals surface area contributed by atoms with E-state index in [1.165, 1.54) is 0 Å². The molecule has 1 aliphatic rings. The molecule has 0 aromatic rings. The van der Waals surface area contributed by atoms with E-state index in [0.717, 1.165) is 20.8 Å². The van der Waals surface area contributed by atoms with Crippen molar-refractivity contribution >= 4 is 17.9 Å². The summed E-state index contributed by atoms with van der Waals surface area (Å²) in [5, 5.41) is 9.95. The van der Waals surface area contributed by atoms with Crippen LogP contribution in [0.5, 0.6) is 0 Å². The van der Waals surface area contributed by atoms with E-state index in [1.54, 1.807) is 0 Å². The first-order chi connectivity index (χ1) is 10.3. The van der Waals surface area contributed by atoms with Gasteiger partial charge in [0.1, 0.15) is 6.10 Å². The van der Waals surface area contributed by atoms with Crippen LogP contribution in [0.3, 0.4) is 0 Å². The molecular weight excluding hydrogens is 296 g/mol. The molecule has 0 saturated carbocycles. The number of rotatable bonds is 4. The number of aliphatic hydroxyl groups excluding tert-OH is 1. The fraction of sp³-hybridized carbons (Fsp3) is 0.643. The predicted molar refractivity (Wildman–Crippen MR) is 71.0 cm³/mol. The lowest BCUT2D eigenvalue weighted by atomic mass is 9.96. The van der Waals surface area contributed by atoms with Gasteiger partial charge in [0.2, 0.25) is 0 Å². The van der Waals surface area contributed by atoms with Crippen LogP contribution in [0.2, 0.25) is 0 Å². The molecule has 5 atom stereocenters. The highest BCUT2D eigenvalue weighted by Crippen LogP contribution is 2.29. The second-order valence-corrected chi connectivity index (χ2v) is 4.70. The van der Waals surface area contributed by atoms with Gasteiger partial charge in [-0.25, -0.2) is 0 Å². The van der Waals surface area contributed by atoms with Crippen molar-refractivity contribution in [2.45, 2.75) is 57.9 Å². The van der Waals surface area contributed by atoms with Crippen molar-refractivity contribution in [2.24, 2.45) is 0 Å². The number of carbonyl (C=O) groups excluding carboxylic acids is 3. The second kappa shape index (κ2) is 7.77. The van der Waals surface area contributed by atoms with E-state index in [4.69, 9.17) is 25.4 Å². The molecule has 1 saturated heterocycles. The number of esters is 3. The third-order valence-corrected chi connectivity index (χ3v) is 2.83. The zero-order chi connectivity index (χ0) is 16.9. The molecular formula is C14H18O8. The lowest BCUT2D eigenvalue weighted by Gasteiger charge is -2.42. The topological polar surface area (TPSA) is 108 Å². The molecule has 122 valence electrons. The zero-order valence-corrected chi connectivity index (χ0v) is 12.5. The first kappa shape index (κ1) is 17.9. The highest BCUT2D eigenvalue weighted by Gasteiger charge is 2.51. The van der Waals surface area contributed by atoms with Gasteiger partial charge in [-0.3, -0.25) is 14.4 Å². The summed E-state index contributed by atoms with van der Waals surface area (Å²) in [5.74, 6) is 0.232. The van der Waals surface area contributed by atoms with Crippen LogP contribution in [0, 0.1) is 12.3 Å². The van der Waals surface area contributed by atoms with Gasteiger partial charge in [0.05, 0.1) is 0 Å². The summed E-state index contributed by atoms with van der Waals surface area (Å²) >= 11 is 0. The maximum Gasteiger partial charge on any atom is 0.303 e. The molecule has 0 aromatic heterocycles. The number of aliphatic hydroxyl groups is 1. The number of hydrogen-bond donors (Lipinski definition) is 1. The van der Waals surface area contributed by atoms with Crippen molar-refractivity contribution in [3.05, 3.63) is 0 Å². The van der Waals surface area contributed by atoms with E-state index in [1.807, 2.05) is 0 Å². The molecule has 1 N–H and O–H groups in total. The number of carbonyl (C=O) groups is 3.